The summed E-state index contributed by atoms with van der Waals surface area (Å²) >= 11 is 0. The van der Waals surface area contributed by atoms with Crippen molar-refractivity contribution in [1.82, 2.24) is 15.0 Å². The normalized spacial score (nSPS) is 9.86. The Hall–Kier alpha value is -1.47. The van der Waals surface area contributed by atoms with E-state index >= 15 is 0 Å². The average molecular weight is 199 g/mol. The summed E-state index contributed by atoms with van der Waals surface area (Å²) in [5.41, 5.74) is 0. The first-order chi connectivity index (χ1) is 6.86. The molecule has 0 saturated carbocycles. The molecule has 0 aliphatic carbocycles. The summed E-state index contributed by atoms with van der Waals surface area (Å²) in [6, 6.07) is 0. The second kappa shape index (κ2) is 6.06. The van der Waals surface area contributed by atoms with Crippen molar-refractivity contribution < 1.29 is 10.2 Å². The van der Waals surface area contributed by atoms with Gasteiger partial charge in [-0.2, -0.15) is 4.98 Å². The number of hydrogen-bond acceptors (Lipinski definition) is 7. The largest absolute Gasteiger partial charge is 0.395 e. The lowest BCUT2D eigenvalue weighted by Crippen LogP contribution is -2.12. The van der Waals surface area contributed by atoms with Crippen molar-refractivity contribution in [3.63, 3.8) is 0 Å². The topological polar surface area (TPSA) is 103 Å². The SMILES string of the molecule is OCCNc1ncnc(NCCO)n1. The van der Waals surface area contributed by atoms with E-state index in [1.165, 1.54) is 6.33 Å². The van der Waals surface area contributed by atoms with Gasteiger partial charge in [-0.05, 0) is 0 Å². The maximum atomic E-state index is 8.56. The van der Waals surface area contributed by atoms with Gasteiger partial charge < -0.3 is 20.8 Å². The minimum atomic E-state index is 0.0189. The van der Waals surface area contributed by atoms with Crippen LogP contribution in [0.3, 0.4) is 0 Å². The first-order valence-electron chi connectivity index (χ1n) is 4.25. The summed E-state index contributed by atoms with van der Waals surface area (Å²) < 4.78 is 0. The van der Waals surface area contributed by atoms with E-state index in [1.54, 1.807) is 0 Å². The van der Waals surface area contributed by atoms with E-state index in [0.29, 0.717) is 25.0 Å². The molecule has 0 atom stereocenters. The van der Waals surface area contributed by atoms with Crippen LogP contribution in [-0.4, -0.2) is 51.5 Å². The minimum Gasteiger partial charge on any atom is -0.395 e. The van der Waals surface area contributed by atoms with Crippen LogP contribution in [-0.2, 0) is 0 Å². The Morgan fingerprint density at radius 3 is 1.93 bits per heavy atom. The van der Waals surface area contributed by atoms with Crippen LogP contribution >= 0.6 is 0 Å². The molecule has 4 N–H and O–H groups in total. The highest BCUT2D eigenvalue weighted by molar-refractivity contribution is 5.32. The molecule has 0 spiro atoms. The number of aliphatic hydroxyl groups excluding tert-OH is 2. The molecule has 1 aromatic heterocycles. The van der Waals surface area contributed by atoms with E-state index in [4.69, 9.17) is 10.2 Å². The lowest BCUT2D eigenvalue weighted by Gasteiger charge is -2.04. The number of anilines is 2. The second-order valence-electron chi connectivity index (χ2n) is 2.43. The Morgan fingerprint density at radius 2 is 1.50 bits per heavy atom. The van der Waals surface area contributed by atoms with Crippen LogP contribution in [0.2, 0.25) is 0 Å². The van der Waals surface area contributed by atoms with Crippen molar-refractivity contribution in [1.29, 1.82) is 0 Å². The molecule has 0 bridgehead atoms. The molecule has 1 heterocycles. The van der Waals surface area contributed by atoms with Gasteiger partial charge in [-0.15, -0.1) is 0 Å². The summed E-state index contributed by atoms with van der Waals surface area (Å²) in [6.45, 7) is 0.822. The van der Waals surface area contributed by atoms with E-state index in [0.717, 1.165) is 0 Å². The zero-order valence-electron chi connectivity index (χ0n) is 7.64. The van der Waals surface area contributed by atoms with Crippen LogP contribution in [0.15, 0.2) is 6.33 Å². The standard InChI is InChI=1S/C7H13N5O2/c13-3-1-8-6-10-5-11-7(12-6)9-2-4-14/h5,13-14H,1-4H2,(H2,8,9,10,11,12). The van der Waals surface area contributed by atoms with E-state index in [9.17, 15) is 0 Å². The Labute approximate surface area is 81.2 Å². The highest BCUT2D eigenvalue weighted by atomic mass is 16.3. The molecule has 78 valence electrons. The highest BCUT2D eigenvalue weighted by Crippen LogP contribution is 2.00. The third kappa shape index (κ3) is 3.50. The van der Waals surface area contributed by atoms with E-state index in [-0.39, 0.29) is 13.2 Å². The maximum absolute atomic E-state index is 8.56. The molecular weight excluding hydrogens is 186 g/mol. The van der Waals surface area contributed by atoms with Gasteiger partial charge in [-0.1, -0.05) is 0 Å². The van der Waals surface area contributed by atoms with Crippen molar-refractivity contribution >= 4 is 11.9 Å². The Kier molecular flexibility index (Phi) is 4.59. The third-order valence-electron chi connectivity index (χ3n) is 1.36. The molecule has 7 nitrogen and oxygen atoms in total. The van der Waals surface area contributed by atoms with Crippen molar-refractivity contribution in [3.8, 4) is 0 Å². The van der Waals surface area contributed by atoms with Gasteiger partial charge in [-0.3, -0.25) is 0 Å². The molecule has 0 amide bonds. The van der Waals surface area contributed by atoms with Crippen LogP contribution in [0, 0.1) is 0 Å². The summed E-state index contributed by atoms with van der Waals surface area (Å²) in [4.78, 5) is 11.7. The zero-order chi connectivity index (χ0) is 10.2. The van der Waals surface area contributed by atoms with E-state index < -0.39 is 0 Å². The lowest BCUT2D eigenvalue weighted by atomic mass is 10.6. The molecule has 0 radical (unpaired) electrons. The second-order valence-corrected chi connectivity index (χ2v) is 2.43. The number of aromatic nitrogens is 3. The predicted octanol–water partition coefficient (Wildman–Crippen LogP) is -1.32. The van der Waals surface area contributed by atoms with Gasteiger partial charge in [0.15, 0.2) is 0 Å². The van der Waals surface area contributed by atoms with Gasteiger partial charge in [0.2, 0.25) is 11.9 Å². The van der Waals surface area contributed by atoms with Gasteiger partial charge in [-0.25, -0.2) is 9.97 Å². The van der Waals surface area contributed by atoms with Crippen LogP contribution in [0.5, 0.6) is 0 Å². The van der Waals surface area contributed by atoms with Crippen molar-refractivity contribution in [3.05, 3.63) is 6.33 Å². The smallest absolute Gasteiger partial charge is 0.227 e. The Balaban J connectivity index is 2.50. The first kappa shape index (κ1) is 10.6. The minimum absolute atomic E-state index is 0.0189. The average Bonchev–Trinajstić information content (AvgIpc) is 2.24. The molecule has 0 aliphatic heterocycles. The fourth-order valence-electron chi connectivity index (χ4n) is 0.802. The van der Waals surface area contributed by atoms with Crippen LogP contribution in [0.1, 0.15) is 0 Å². The summed E-state index contributed by atoms with van der Waals surface area (Å²) in [6.07, 6.45) is 1.35. The Bertz CT molecular complexity index is 247. The fraction of sp³-hybridized carbons (Fsp3) is 0.571. The predicted molar refractivity (Wildman–Crippen MR) is 51.0 cm³/mol. The van der Waals surface area contributed by atoms with Gasteiger partial charge >= 0.3 is 0 Å². The third-order valence-corrected chi connectivity index (χ3v) is 1.36. The molecule has 0 aromatic carbocycles. The van der Waals surface area contributed by atoms with Crippen LogP contribution in [0.25, 0.3) is 0 Å². The van der Waals surface area contributed by atoms with Gasteiger partial charge in [0.1, 0.15) is 6.33 Å². The molecular formula is C7H13N5O2. The molecule has 0 fully saturated rings. The van der Waals surface area contributed by atoms with E-state index in [2.05, 4.69) is 25.6 Å². The summed E-state index contributed by atoms with van der Waals surface area (Å²) in [7, 11) is 0. The molecule has 0 unspecified atom stereocenters. The Morgan fingerprint density at radius 1 is 1.00 bits per heavy atom. The van der Waals surface area contributed by atoms with Crippen molar-refractivity contribution in [2.24, 2.45) is 0 Å². The van der Waals surface area contributed by atoms with Crippen molar-refractivity contribution in [2.75, 3.05) is 36.9 Å². The number of rotatable bonds is 6. The molecule has 1 aromatic rings. The van der Waals surface area contributed by atoms with Crippen LogP contribution < -0.4 is 10.6 Å². The lowest BCUT2D eigenvalue weighted by molar-refractivity contribution is 0.310. The molecule has 0 saturated heterocycles. The number of hydrogen-bond donors (Lipinski definition) is 4. The monoisotopic (exact) mass is 199 g/mol. The number of aliphatic hydroxyl groups is 2. The molecule has 7 heteroatoms. The van der Waals surface area contributed by atoms with Gasteiger partial charge in [0.25, 0.3) is 0 Å². The fourth-order valence-corrected chi connectivity index (χ4v) is 0.802. The van der Waals surface area contributed by atoms with E-state index in [1.807, 2.05) is 0 Å². The quantitative estimate of drug-likeness (QED) is 0.450. The summed E-state index contributed by atoms with van der Waals surface area (Å²) in [5, 5.41) is 22.7. The zero-order valence-corrected chi connectivity index (χ0v) is 7.64. The molecule has 1 rings (SSSR count). The van der Waals surface area contributed by atoms with Crippen molar-refractivity contribution in [2.45, 2.75) is 0 Å². The number of nitrogens with zero attached hydrogens (tertiary/aromatic N) is 3. The number of nitrogens with one attached hydrogen (secondary N) is 2. The molecule has 0 aliphatic rings. The van der Waals surface area contributed by atoms with Crippen LogP contribution in [0.4, 0.5) is 11.9 Å². The maximum Gasteiger partial charge on any atom is 0.227 e. The molecule has 14 heavy (non-hydrogen) atoms. The van der Waals surface area contributed by atoms with Gasteiger partial charge in [0, 0.05) is 13.1 Å². The van der Waals surface area contributed by atoms with Gasteiger partial charge in [0.05, 0.1) is 13.2 Å². The summed E-state index contributed by atoms with van der Waals surface area (Å²) in [5.74, 6) is 0.795. The highest BCUT2D eigenvalue weighted by Gasteiger charge is 1.98. The first-order valence-corrected chi connectivity index (χ1v) is 4.25.